The Hall–Kier alpha value is -4.44. The number of halogens is 1. The number of nitrogens with zero attached hydrogens (tertiary/aromatic N) is 3. The molecule has 1 N–H and O–H groups in total. The number of aryl methyl sites for hydroxylation is 1. The van der Waals surface area contributed by atoms with Crippen LogP contribution in [0.15, 0.2) is 87.5 Å². The van der Waals surface area contributed by atoms with Gasteiger partial charge in [-0.2, -0.15) is 9.37 Å². The standard InChI is InChI=1S/C31H28FN3O5S/c1-3-4-11-26-34-29(37)27(30(38)35(26)31(19-36)17-7-9-22-8-5-6-10-25(22)31)41(39,40)23-14-12-21(13-15-23)24-16-18-33-28(32)20(24)2/h5-8,10,12-19,37H,3-4,9,11H2,1-2H3/t31-/m1/s1. The van der Waals surface area contributed by atoms with E-state index in [9.17, 15) is 27.5 Å². The highest BCUT2D eigenvalue weighted by molar-refractivity contribution is 7.91. The molecule has 4 aromatic rings. The summed E-state index contributed by atoms with van der Waals surface area (Å²) in [6, 6.07) is 14.3. The average molecular weight is 574 g/mol. The number of sulfone groups is 1. The zero-order valence-electron chi connectivity index (χ0n) is 22.5. The first-order chi connectivity index (χ1) is 19.7. The molecule has 0 radical (unpaired) electrons. The number of carbonyl (C=O) groups is 1. The van der Waals surface area contributed by atoms with Crippen molar-refractivity contribution in [3.05, 3.63) is 112 Å². The quantitative estimate of drug-likeness (QED) is 0.185. The van der Waals surface area contributed by atoms with Crippen LogP contribution in [-0.4, -0.2) is 34.3 Å². The summed E-state index contributed by atoms with van der Waals surface area (Å²) in [5.41, 5.74) is 0.0327. The maximum atomic E-state index is 14.2. The number of hydrogen-bond donors (Lipinski definition) is 1. The van der Waals surface area contributed by atoms with Crippen molar-refractivity contribution in [1.29, 1.82) is 0 Å². The van der Waals surface area contributed by atoms with E-state index in [-0.39, 0.29) is 17.1 Å². The van der Waals surface area contributed by atoms with E-state index in [2.05, 4.69) is 9.97 Å². The lowest BCUT2D eigenvalue weighted by Gasteiger charge is -2.34. The maximum absolute atomic E-state index is 14.2. The minimum atomic E-state index is -4.60. The number of aldehydes is 1. The Balaban J connectivity index is 1.71. The number of allylic oxidation sites excluding steroid dienone is 2. The van der Waals surface area contributed by atoms with Gasteiger partial charge in [0.2, 0.25) is 21.7 Å². The van der Waals surface area contributed by atoms with E-state index in [4.69, 9.17) is 0 Å². The van der Waals surface area contributed by atoms with E-state index in [1.54, 1.807) is 37.3 Å². The van der Waals surface area contributed by atoms with Gasteiger partial charge in [-0.25, -0.2) is 13.4 Å². The summed E-state index contributed by atoms with van der Waals surface area (Å²) in [5.74, 6) is -1.46. The minimum Gasteiger partial charge on any atom is -0.492 e. The van der Waals surface area contributed by atoms with Gasteiger partial charge in [0.25, 0.3) is 5.56 Å². The van der Waals surface area contributed by atoms with Crippen LogP contribution in [0.3, 0.4) is 0 Å². The number of aromatic nitrogens is 3. The number of hydrogen-bond acceptors (Lipinski definition) is 7. The van der Waals surface area contributed by atoms with E-state index < -0.39 is 37.7 Å². The van der Waals surface area contributed by atoms with Crippen LogP contribution >= 0.6 is 0 Å². The van der Waals surface area contributed by atoms with Gasteiger partial charge in [-0.05, 0) is 60.2 Å². The molecule has 0 unspecified atom stereocenters. The summed E-state index contributed by atoms with van der Waals surface area (Å²) in [7, 11) is -4.60. The van der Waals surface area contributed by atoms with Gasteiger partial charge in [0.05, 0.1) is 4.90 Å². The zero-order chi connectivity index (χ0) is 29.4. The lowest BCUT2D eigenvalue weighted by atomic mass is 9.81. The topological polar surface area (TPSA) is 119 Å². The fourth-order valence-corrected chi connectivity index (χ4v) is 6.64. The third kappa shape index (κ3) is 4.67. The highest BCUT2D eigenvalue weighted by Gasteiger charge is 2.41. The number of benzene rings is 2. The molecule has 0 saturated carbocycles. The second-order valence-corrected chi connectivity index (χ2v) is 11.8. The van der Waals surface area contributed by atoms with Crippen LogP contribution in [0.5, 0.6) is 5.88 Å². The van der Waals surface area contributed by atoms with E-state index in [1.165, 1.54) is 30.5 Å². The fourth-order valence-electron chi connectivity index (χ4n) is 5.31. The first kappa shape index (κ1) is 28.1. The molecule has 2 aromatic heterocycles. The van der Waals surface area contributed by atoms with Crippen molar-refractivity contribution in [2.45, 2.75) is 54.9 Å². The third-order valence-electron chi connectivity index (χ3n) is 7.44. The first-order valence-electron chi connectivity index (χ1n) is 13.2. The van der Waals surface area contributed by atoms with E-state index in [0.717, 1.165) is 16.6 Å². The van der Waals surface area contributed by atoms with Gasteiger partial charge in [0, 0.05) is 18.2 Å². The number of aromatic hydroxyl groups is 1. The summed E-state index contributed by atoms with van der Waals surface area (Å²) < 4.78 is 42.8. The Kier molecular flexibility index (Phi) is 7.44. The third-order valence-corrected chi connectivity index (χ3v) is 9.23. The van der Waals surface area contributed by atoms with Crippen LogP contribution in [0, 0.1) is 12.9 Å². The molecule has 1 atom stereocenters. The van der Waals surface area contributed by atoms with Gasteiger partial charge in [-0.1, -0.05) is 61.9 Å². The lowest BCUT2D eigenvalue weighted by molar-refractivity contribution is -0.112. The van der Waals surface area contributed by atoms with Crippen molar-refractivity contribution < 1.29 is 22.7 Å². The Bertz CT molecular complexity index is 1850. The van der Waals surface area contributed by atoms with Gasteiger partial charge in [0.1, 0.15) is 11.4 Å². The van der Waals surface area contributed by atoms with Crippen molar-refractivity contribution in [2.75, 3.05) is 0 Å². The van der Waals surface area contributed by atoms with Crippen molar-refractivity contribution in [3.8, 4) is 17.0 Å². The minimum absolute atomic E-state index is 0.104. The highest BCUT2D eigenvalue weighted by Crippen LogP contribution is 2.35. The second-order valence-electron chi connectivity index (χ2n) is 9.93. The fraction of sp³-hybridized carbons (Fsp3) is 0.226. The smallest absolute Gasteiger partial charge is 0.278 e. The van der Waals surface area contributed by atoms with Crippen LogP contribution in [0.4, 0.5) is 4.39 Å². The molecule has 2 heterocycles. The normalized spacial score (nSPS) is 16.4. The molecule has 41 heavy (non-hydrogen) atoms. The Morgan fingerprint density at radius 3 is 2.56 bits per heavy atom. The molecule has 10 heteroatoms. The van der Waals surface area contributed by atoms with Crippen LogP contribution in [0.1, 0.15) is 42.3 Å². The van der Waals surface area contributed by atoms with Crippen molar-refractivity contribution in [1.82, 2.24) is 14.5 Å². The molecule has 0 saturated heterocycles. The van der Waals surface area contributed by atoms with Crippen LogP contribution in [0.2, 0.25) is 0 Å². The Morgan fingerprint density at radius 2 is 1.85 bits per heavy atom. The second kappa shape index (κ2) is 10.9. The molecule has 0 amide bonds. The molecule has 0 fully saturated rings. The molecular formula is C31H28FN3O5S. The summed E-state index contributed by atoms with van der Waals surface area (Å²) in [6.45, 7) is 3.51. The number of carbonyl (C=O) groups excluding carboxylic acids is 1. The van der Waals surface area contributed by atoms with E-state index in [1.807, 2.05) is 19.1 Å². The Morgan fingerprint density at radius 1 is 1.12 bits per heavy atom. The number of fused-ring (bicyclic) bond motifs is 1. The summed E-state index contributed by atoms with van der Waals surface area (Å²) in [4.78, 5) is 33.7. The van der Waals surface area contributed by atoms with Gasteiger partial charge in [-0.3, -0.25) is 14.2 Å². The molecule has 0 bridgehead atoms. The molecule has 1 aliphatic rings. The SMILES string of the molecule is CCCCc1nc(O)c(S(=O)(=O)c2ccc(-c3ccnc(F)c3C)cc2)c(=O)n1[C@@]1(C=O)C=CCc2ccccc21. The summed E-state index contributed by atoms with van der Waals surface area (Å²) in [5, 5.41) is 10.9. The Labute approximate surface area is 236 Å². The molecule has 0 spiro atoms. The lowest BCUT2D eigenvalue weighted by Crippen LogP contribution is -2.47. The average Bonchev–Trinajstić information content (AvgIpc) is 2.97. The van der Waals surface area contributed by atoms with Gasteiger partial charge in [0.15, 0.2) is 11.2 Å². The summed E-state index contributed by atoms with van der Waals surface area (Å²) in [6.07, 6.45) is 7.37. The monoisotopic (exact) mass is 573 g/mol. The molecule has 0 aliphatic heterocycles. The van der Waals surface area contributed by atoms with Crippen LogP contribution < -0.4 is 5.56 Å². The van der Waals surface area contributed by atoms with Gasteiger partial charge in [-0.15, -0.1) is 0 Å². The van der Waals surface area contributed by atoms with Crippen molar-refractivity contribution in [2.24, 2.45) is 0 Å². The first-order valence-corrected chi connectivity index (χ1v) is 14.7. The maximum Gasteiger partial charge on any atom is 0.278 e. The van der Waals surface area contributed by atoms with Gasteiger partial charge < -0.3 is 5.11 Å². The van der Waals surface area contributed by atoms with Crippen LogP contribution in [0.25, 0.3) is 11.1 Å². The largest absolute Gasteiger partial charge is 0.492 e. The summed E-state index contributed by atoms with van der Waals surface area (Å²) >= 11 is 0. The zero-order valence-corrected chi connectivity index (χ0v) is 23.4. The molecule has 5 rings (SSSR count). The van der Waals surface area contributed by atoms with Crippen molar-refractivity contribution >= 4 is 16.1 Å². The highest BCUT2D eigenvalue weighted by atomic mass is 32.2. The predicted molar refractivity (Wildman–Crippen MR) is 151 cm³/mol. The van der Waals surface area contributed by atoms with Crippen molar-refractivity contribution in [3.63, 3.8) is 0 Å². The number of rotatable bonds is 8. The van der Waals surface area contributed by atoms with Crippen LogP contribution in [-0.2, 0) is 33.0 Å². The molecular weight excluding hydrogens is 545 g/mol. The molecule has 8 nitrogen and oxygen atoms in total. The predicted octanol–water partition coefficient (Wildman–Crippen LogP) is 4.69. The molecule has 210 valence electrons. The van der Waals surface area contributed by atoms with E-state index in [0.29, 0.717) is 41.4 Å². The number of unbranched alkanes of at least 4 members (excludes halogenated alkanes) is 1. The molecule has 1 aliphatic carbocycles. The number of pyridine rings is 1. The molecule has 2 aromatic carbocycles. The van der Waals surface area contributed by atoms with Gasteiger partial charge >= 0.3 is 0 Å². The van der Waals surface area contributed by atoms with E-state index >= 15 is 0 Å².